The van der Waals surface area contributed by atoms with Crippen molar-refractivity contribution in [2.75, 3.05) is 26.0 Å². The zero-order valence-corrected chi connectivity index (χ0v) is 23.5. The van der Waals surface area contributed by atoms with E-state index in [4.69, 9.17) is 19.4 Å². The summed E-state index contributed by atoms with van der Waals surface area (Å²) in [4.78, 5) is 25.9. The van der Waals surface area contributed by atoms with Crippen molar-refractivity contribution >= 4 is 38.1 Å². The fourth-order valence-electron chi connectivity index (χ4n) is 4.72. The molecule has 1 unspecified atom stereocenters. The lowest BCUT2D eigenvalue weighted by atomic mass is 10.1. The van der Waals surface area contributed by atoms with Crippen LogP contribution in [-0.4, -0.2) is 64.4 Å². The summed E-state index contributed by atoms with van der Waals surface area (Å²) < 4.78 is 45.0. The van der Waals surface area contributed by atoms with Crippen molar-refractivity contribution in [3.8, 4) is 11.5 Å². The number of methoxy groups -OCH3 is 1. The molecule has 41 heavy (non-hydrogen) atoms. The number of amides is 1. The zero-order valence-electron chi connectivity index (χ0n) is 22.7. The van der Waals surface area contributed by atoms with Crippen LogP contribution in [0.5, 0.6) is 11.5 Å². The lowest BCUT2D eigenvalue weighted by Gasteiger charge is -2.13. The summed E-state index contributed by atoms with van der Waals surface area (Å²) in [5, 5.41) is 2.86. The number of aromatic nitrogens is 4. The quantitative estimate of drug-likeness (QED) is 0.148. The summed E-state index contributed by atoms with van der Waals surface area (Å²) in [5.74, 6) is 1.64. The van der Waals surface area contributed by atoms with Crippen molar-refractivity contribution in [2.45, 2.75) is 25.8 Å². The van der Waals surface area contributed by atoms with Gasteiger partial charge >= 0.3 is 0 Å². The third-order valence-electron chi connectivity index (χ3n) is 6.74. The van der Waals surface area contributed by atoms with Gasteiger partial charge < -0.3 is 24.3 Å². The minimum absolute atomic E-state index is 0.168. The van der Waals surface area contributed by atoms with Gasteiger partial charge in [-0.15, -0.1) is 0 Å². The number of ether oxygens (including phenoxy) is 2. The molecular weight excluding hydrogens is 546 g/mol. The summed E-state index contributed by atoms with van der Waals surface area (Å²) >= 11 is 0. The second-order valence-corrected chi connectivity index (χ2v) is 11.2. The topological polar surface area (TPSA) is 148 Å². The van der Waals surface area contributed by atoms with E-state index >= 15 is 0 Å². The third kappa shape index (κ3) is 6.50. The first-order valence-electron chi connectivity index (χ1n) is 13.2. The number of para-hydroxylation sites is 4. The summed E-state index contributed by atoms with van der Waals surface area (Å²) in [7, 11) is -2.56. The van der Waals surface area contributed by atoms with Crippen LogP contribution in [-0.2, 0) is 16.7 Å². The Labute approximate surface area is 237 Å². The number of nitrogens with one attached hydrogen (secondary N) is 2. The van der Waals surface area contributed by atoms with Gasteiger partial charge in [0.15, 0.2) is 11.5 Å². The number of carbonyl (C=O) groups is 1. The van der Waals surface area contributed by atoms with Gasteiger partial charge in [-0.05, 0) is 55.8 Å². The summed E-state index contributed by atoms with van der Waals surface area (Å²) in [6.45, 7) is 2.76. The molecule has 0 saturated heterocycles. The Morgan fingerprint density at radius 1 is 1.05 bits per heavy atom. The van der Waals surface area contributed by atoms with Gasteiger partial charge in [0.1, 0.15) is 18.3 Å². The lowest BCUT2D eigenvalue weighted by Crippen LogP contribution is -2.28. The number of hydrogen-bond donors (Lipinski definition) is 3. The predicted octanol–water partition coefficient (Wildman–Crippen LogP) is 4.16. The van der Waals surface area contributed by atoms with Crippen molar-refractivity contribution in [3.63, 3.8) is 0 Å². The number of carbonyl (C=O) groups excluding carboxylic acids is 1. The van der Waals surface area contributed by atoms with Crippen LogP contribution in [0.3, 0.4) is 0 Å². The van der Waals surface area contributed by atoms with E-state index in [2.05, 4.69) is 10.3 Å². The van der Waals surface area contributed by atoms with Gasteiger partial charge in [0.25, 0.3) is 16.0 Å². The second-order valence-electron chi connectivity index (χ2n) is 9.58. The molecule has 0 aliphatic rings. The average molecular weight is 578 g/mol. The van der Waals surface area contributed by atoms with Crippen LogP contribution in [0.25, 0.3) is 22.1 Å². The standard InChI is InChI=1S/C29H31N5O6S/c1-19(27-31-21-8-3-4-9-22(21)32-27)28-33-23-13-12-20(18-24(23)34(28)15-7-17-41(36,37)38)29(35)30-14-16-40-26-11-6-5-10-25(26)39-2/h3-6,8-13,18-19H,7,14-17H2,1-2H3,(H,30,35)(H,31,32)(H,36,37,38). The average Bonchev–Trinajstić information content (AvgIpc) is 3.56. The van der Waals surface area contributed by atoms with Crippen molar-refractivity contribution in [1.29, 1.82) is 0 Å². The molecule has 2 heterocycles. The predicted molar refractivity (Wildman–Crippen MR) is 155 cm³/mol. The highest BCUT2D eigenvalue weighted by Gasteiger charge is 2.22. The van der Waals surface area contributed by atoms with Crippen molar-refractivity contribution in [3.05, 3.63) is 83.9 Å². The first-order valence-corrected chi connectivity index (χ1v) is 14.8. The smallest absolute Gasteiger partial charge is 0.264 e. The minimum Gasteiger partial charge on any atom is -0.493 e. The number of imidazole rings is 2. The van der Waals surface area contributed by atoms with E-state index in [0.29, 0.717) is 39.7 Å². The van der Waals surface area contributed by atoms with Gasteiger partial charge in [0.05, 0.1) is 47.4 Å². The lowest BCUT2D eigenvalue weighted by molar-refractivity contribution is 0.0947. The van der Waals surface area contributed by atoms with Gasteiger partial charge in [-0.25, -0.2) is 9.97 Å². The molecule has 11 nitrogen and oxygen atoms in total. The molecule has 5 aromatic rings. The van der Waals surface area contributed by atoms with Crippen molar-refractivity contribution in [2.24, 2.45) is 0 Å². The molecule has 1 atom stereocenters. The molecule has 0 saturated carbocycles. The normalized spacial score (nSPS) is 12.5. The van der Waals surface area contributed by atoms with Crippen LogP contribution >= 0.6 is 0 Å². The Morgan fingerprint density at radius 3 is 2.56 bits per heavy atom. The fourth-order valence-corrected chi connectivity index (χ4v) is 5.21. The van der Waals surface area contributed by atoms with E-state index in [-0.39, 0.29) is 37.9 Å². The summed E-state index contributed by atoms with van der Waals surface area (Å²) in [6, 6.07) is 20.2. The van der Waals surface area contributed by atoms with E-state index in [0.717, 1.165) is 11.0 Å². The fraction of sp³-hybridized carbons (Fsp3) is 0.276. The highest BCUT2D eigenvalue weighted by Crippen LogP contribution is 2.29. The maximum atomic E-state index is 13.0. The van der Waals surface area contributed by atoms with Crippen LogP contribution in [0.15, 0.2) is 66.7 Å². The Hall–Kier alpha value is -4.42. The number of benzene rings is 3. The first-order chi connectivity index (χ1) is 19.7. The number of H-pyrrole nitrogens is 1. The van der Waals surface area contributed by atoms with E-state index in [9.17, 15) is 17.8 Å². The molecule has 0 fully saturated rings. The van der Waals surface area contributed by atoms with E-state index in [1.807, 2.05) is 47.9 Å². The largest absolute Gasteiger partial charge is 0.493 e. The van der Waals surface area contributed by atoms with Crippen LogP contribution in [0.4, 0.5) is 0 Å². The van der Waals surface area contributed by atoms with Gasteiger partial charge in [-0.3, -0.25) is 9.35 Å². The zero-order chi connectivity index (χ0) is 29.0. The number of aryl methyl sites for hydroxylation is 1. The first kappa shape index (κ1) is 28.1. The Kier molecular flexibility index (Phi) is 8.22. The highest BCUT2D eigenvalue weighted by atomic mass is 32.2. The molecule has 1 amide bonds. The monoisotopic (exact) mass is 577 g/mol. The number of aromatic amines is 1. The maximum Gasteiger partial charge on any atom is 0.264 e. The van der Waals surface area contributed by atoms with Gasteiger partial charge in [0.2, 0.25) is 0 Å². The summed E-state index contributed by atoms with van der Waals surface area (Å²) in [5.41, 5.74) is 3.49. The third-order valence-corrected chi connectivity index (χ3v) is 7.55. The Bertz CT molecular complexity index is 1760. The molecule has 0 radical (unpaired) electrons. The summed E-state index contributed by atoms with van der Waals surface area (Å²) in [6.07, 6.45) is 0.168. The maximum absolute atomic E-state index is 13.0. The molecule has 0 spiro atoms. The molecule has 5 rings (SSSR count). The second kappa shape index (κ2) is 12.0. The molecule has 214 valence electrons. The van der Waals surface area contributed by atoms with Crippen molar-refractivity contribution < 1.29 is 27.2 Å². The van der Waals surface area contributed by atoms with Gasteiger partial charge in [0, 0.05) is 12.1 Å². The SMILES string of the molecule is COc1ccccc1OCCNC(=O)c1ccc2nc(C(C)c3nc4ccccc4[nH]3)n(CCCS(=O)(=O)O)c2c1. The number of nitrogens with zero attached hydrogens (tertiary/aromatic N) is 3. The molecule has 3 N–H and O–H groups in total. The van der Waals surface area contributed by atoms with Crippen LogP contribution in [0.2, 0.25) is 0 Å². The Morgan fingerprint density at radius 2 is 1.80 bits per heavy atom. The van der Waals surface area contributed by atoms with E-state index < -0.39 is 15.9 Å². The molecule has 0 aliphatic heterocycles. The van der Waals surface area contributed by atoms with Gasteiger partial charge in [-0.1, -0.05) is 24.3 Å². The minimum atomic E-state index is -4.13. The highest BCUT2D eigenvalue weighted by molar-refractivity contribution is 7.85. The van der Waals surface area contributed by atoms with Crippen LogP contribution < -0.4 is 14.8 Å². The van der Waals surface area contributed by atoms with E-state index in [1.54, 1.807) is 37.4 Å². The van der Waals surface area contributed by atoms with Gasteiger partial charge in [-0.2, -0.15) is 8.42 Å². The molecule has 0 aliphatic carbocycles. The van der Waals surface area contributed by atoms with E-state index in [1.165, 1.54) is 0 Å². The van der Waals surface area contributed by atoms with Crippen LogP contribution in [0.1, 0.15) is 41.3 Å². The number of rotatable bonds is 12. The molecule has 0 bridgehead atoms. The van der Waals surface area contributed by atoms with Crippen LogP contribution in [0, 0.1) is 0 Å². The van der Waals surface area contributed by atoms with Crippen molar-refractivity contribution in [1.82, 2.24) is 24.8 Å². The molecular formula is C29H31N5O6S. The number of hydrogen-bond acceptors (Lipinski definition) is 7. The number of fused-ring (bicyclic) bond motifs is 2. The Balaban J connectivity index is 1.37. The molecule has 12 heteroatoms. The molecule has 3 aromatic carbocycles. The molecule has 2 aromatic heterocycles.